The second-order valence-electron chi connectivity index (χ2n) is 34.7. The molecule has 34 heteroatoms. The van der Waals surface area contributed by atoms with Crippen LogP contribution in [0.15, 0.2) is 11.6 Å². The minimum Gasteiger partial charge on any atom is -0.462 e. The van der Waals surface area contributed by atoms with E-state index in [4.69, 9.17) is 66.3 Å². The molecule has 0 bridgehead atoms. The van der Waals surface area contributed by atoms with Gasteiger partial charge in [-0.3, -0.25) is 24.0 Å². The number of allylic oxidation sites excluding steroid dienone is 2. The number of ether oxygens (including phenoxy) is 14. The van der Waals surface area contributed by atoms with Gasteiger partial charge in [0, 0.05) is 5.41 Å². The molecule has 624 valence electrons. The summed E-state index contributed by atoms with van der Waals surface area (Å²) in [5.74, 6) is -5.56. The molecular formula is C75H120O34. The Kier molecular flexibility index (Phi) is 27.1. The maximum Gasteiger partial charge on any atom is 0.317 e. The highest BCUT2D eigenvalue weighted by Crippen LogP contribution is 2.76. The first-order chi connectivity index (χ1) is 50.8. The van der Waals surface area contributed by atoms with Crippen molar-refractivity contribution in [2.45, 2.75) is 364 Å². The Hall–Kier alpha value is -3.87. The molecule has 10 rings (SSSR count). The molecule has 34 nitrogen and oxygen atoms in total. The van der Waals surface area contributed by atoms with Gasteiger partial charge in [0.1, 0.15) is 103 Å². The number of hydrogen-bond acceptors (Lipinski definition) is 34. The zero-order chi connectivity index (χ0) is 80.6. The van der Waals surface area contributed by atoms with E-state index in [1.54, 1.807) is 0 Å². The average Bonchev–Trinajstić information content (AvgIpc) is 0.668. The summed E-state index contributed by atoms with van der Waals surface area (Å²) in [5, 5.41) is 169. The molecule has 0 amide bonds. The van der Waals surface area contributed by atoms with Crippen molar-refractivity contribution in [3.05, 3.63) is 11.6 Å². The maximum absolute atomic E-state index is 16.0. The van der Waals surface area contributed by atoms with E-state index in [0.717, 1.165) is 5.57 Å². The Morgan fingerprint density at radius 2 is 0.991 bits per heavy atom. The van der Waals surface area contributed by atoms with Gasteiger partial charge < -0.3 is 143 Å². The molecule has 39 atom stereocenters. The third-order valence-electron chi connectivity index (χ3n) is 26.2. The van der Waals surface area contributed by atoms with E-state index in [1.165, 1.54) is 55.4 Å². The topological polar surface area (TPSA) is 518 Å². The molecule has 0 aromatic rings. The van der Waals surface area contributed by atoms with Gasteiger partial charge in [-0.05, 0) is 146 Å². The normalized spacial score (nSPS) is 48.0. The summed E-state index contributed by atoms with van der Waals surface area (Å²) >= 11 is 0. The van der Waals surface area contributed by atoms with Crippen molar-refractivity contribution >= 4 is 29.8 Å². The molecule has 15 N–H and O–H groups in total. The van der Waals surface area contributed by atoms with E-state index < -0.39 is 284 Å². The summed E-state index contributed by atoms with van der Waals surface area (Å²) in [5.41, 5.74) is -4.44. The maximum atomic E-state index is 16.0. The summed E-state index contributed by atoms with van der Waals surface area (Å²) in [4.78, 5) is 67.7. The molecule has 5 aliphatic carbocycles. The van der Waals surface area contributed by atoms with Crippen LogP contribution in [0, 0.1) is 50.2 Å². The number of hydrogen-bond donors (Lipinski definition) is 15. The zero-order valence-electron chi connectivity index (χ0n) is 64.6. The van der Waals surface area contributed by atoms with E-state index in [9.17, 15) is 95.8 Å². The van der Waals surface area contributed by atoms with Crippen LogP contribution in [0.25, 0.3) is 0 Å². The van der Waals surface area contributed by atoms with Gasteiger partial charge >= 0.3 is 29.8 Å². The zero-order valence-corrected chi connectivity index (χ0v) is 64.6. The molecule has 4 saturated carbocycles. The van der Waals surface area contributed by atoms with Crippen molar-refractivity contribution in [2.75, 3.05) is 13.2 Å². The highest BCUT2D eigenvalue weighted by molar-refractivity contribution is 5.80. The number of fused-ring (bicyclic) bond motifs is 7. The first-order valence-electron chi connectivity index (χ1n) is 38.5. The van der Waals surface area contributed by atoms with Crippen molar-refractivity contribution in [1.29, 1.82) is 0 Å². The largest absolute Gasteiger partial charge is 0.462 e. The van der Waals surface area contributed by atoms with Gasteiger partial charge in [0.25, 0.3) is 0 Å². The fourth-order valence-corrected chi connectivity index (χ4v) is 20.0. The number of carbonyl (C=O) groups is 5. The van der Waals surface area contributed by atoms with Crippen molar-refractivity contribution in [3.63, 3.8) is 0 Å². The van der Waals surface area contributed by atoms with Gasteiger partial charge in [0.2, 0.25) is 6.29 Å². The van der Waals surface area contributed by atoms with Crippen LogP contribution in [0.1, 0.15) is 174 Å². The summed E-state index contributed by atoms with van der Waals surface area (Å²) in [6.45, 7) is 22.8. The van der Waals surface area contributed by atoms with Crippen molar-refractivity contribution in [2.24, 2.45) is 50.2 Å². The van der Waals surface area contributed by atoms with E-state index in [0.29, 0.717) is 32.1 Å². The summed E-state index contributed by atoms with van der Waals surface area (Å²) in [7, 11) is 0. The molecule has 10 aliphatic rings. The van der Waals surface area contributed by atoms with Crippen molar-refractivity contribution in [1.82, 2.24) is 0 Å². The fraction of sp³-hybridized carbons (Fsp3) is 0.907. The van der Waals surface area contributed by atoms with Crippen molar-refractivity contribution in [3.8, 4) is 0 Å². The van der Waals surface area contributed by atoms with Crippen LogP contribution in [0.5, 0.6) is 0 Å². The predicted molar refractivity (Wildman–Crippen MR) is 369 cm³/mol. The Bertz CT molecular complexity index is 3200. The quantitative estimate of drug-likeness (QED) is 0.0246. The molecule has 0 radical (unpaired) electrons. The monoisotopic (exact) mass is 1560 g/mol. The van der Waals surface area contributed by atoms with E-state index >= 15 is 4.79 Å². The summed E-state index contributed by atoms with van der Waals surface area (Å²) in [6.07, 6.45) is -44.0. The van der Waals surface area contributed by atoms with Gasteiger partial charge in [0.15, 0.2) is 37.4 Å². The van der Waals surface area contributed by atoms with Gasteiger partial charge in [-0.1, -0.05) is 53.2 Å². The molecule has 0 spiro atoms. The van der Waals surface area contributed by atoms with Crippen molar-refractivity contribution < 1.29 is 167 Å². The molecule has 5 saturated heterocycles. The van der Waals surface area contributed by atoms with E-state index in [-0.39, 0.29) is 43.9 Å². The number of carbonyl (C=O) groups excluding carboxylic acids is 5. The first-order valence-corrected chi connectivity index (χ1v) is 38.5. The van der Waals surface area contributed by atoms with E-state index in [2.05, 4.69) is 40.7 Å². The summed E-state index contributed by atoms with van der Waals surface area (Å²) < 4.78 is 82.4. The Balaban J connectivity index is 0.874. The molecular weight excluding hydrogens is 1440 g/mol. The standard InChI is InChI=1S/C75H120O34/c1-30(77)21-45(80)97-31(2)22-46(81)98-32(3)23-47(82)99-33(4)24-48(83)105-61-37(8)103-68(62(59(61)94)107-66-58(93)54(89)60(36(7)102-66)106-64-55(90)51(86)41(28-96-64)104-65-56(91)52(87)49(84)34(5)100-65)109-69(95)75-20-19-70(9,10)25-39(75)38-15-16-43-71(11)26-40(78)63(108-67-57(92)53(88)50(85)35(6)101-67)72(12,29-76)42(71)17-18-73(43,13)74(38,14)27-44(75)79/h15,30-37,39-44,49-68,76-79,84-94H,16-29H2,1-14H3/t30-,31-,32-,33-,34-,35-,36-,37-,39?,40-,41+,42?,43?,44+,49-,50-,51-,52+,53+,54-,55+,56+,57+,58+,59-,60-,61-,62+,63-,64+,65+,66-,67-,68+,71-,72-,73+,74+,75+/m0/s1. The third-order valence-corrected chi connectivity index (χ3v) is 26.2. The van der Waals surface area contributed by atoms with Crippen LogP contribution < -0.4 is 0 Å². The molecule has 9 fully saturated rings. The number of aliphatic hydroxyl groups excluding tert-OH is 15. The van der Waals surface area contributed by atoms with Crippen LogP contribution >= 0.6 is 0 Å². The number of aliphatic hydroxyl groups is 15. The lowest BCUT2D eigenvalue weighted by Gasteiger charge is -2.72. The predicted octanol–water partition coefficient (Wildman–Crippen LogP) is -1.26. The summed E-state index contributed by atoms with van der Waals surface area (Å²) in [6, 6.07) is 0. The highest BCUT2D eigenvalue weighted by atomic mass is 16.8. The Morgan fingerprint density at radius 3 is 1.56 bits per heavy atom. The Labute approximate surface area is 633 Å². The van der Waals surface area contributed by atoms with Gasteiger partial charge in [-0.25, -0.2) is 0 Å². The average molecular weight is 1570 g/mol. The first kappa shape index (κ1) is 87.5. The molecule has 0 aromatic carbocycles. The Morgan fingerprint density at radius 1 is 0.495 bits per heavy atom. The SMILES string of the molecule is C[C@H](O)CC(=O)O[C@@H](C)CC(=O)O[C@@H](C)CC(=O)O[C@@H](C)CC(=O)O[C@@H]1[C@H](O)[C@@H](O[C@@H]2O[C@@H](C)[C@H](O[C@H]3OC[C@@H](O[C@H]4O[C@@H](C)[C@H](O)[C@@H](O)[C@H]4O)[C@H](O)[C@H]3O)[C@@H](O)[C@H]2O)[C@@H](OC(=O)[C@]23CCC(C)(C)CC2C2=CCC4[C@@]5(C)C[C@H](O)[C@H](O[C@@H]6O[C@@H](C)[C@H](O)[C@@H](O)[C@H]6O)[C@@](C)(CO)C5CC[C@@]4(C)[C@]2(C)C[C@H]3O)O[C@H]1C. The molecule has 5 heterocycles. The van der Waals surface area contributed by atoms with Gasteiger partial charge in [0.05, 0.1) is 87.7 Å². The smallest absolute Gasteiger partial charge is 0.317 e. The minimum atomic E-state index is -2.12. The lowest BCUT2D eigenvalue weighted by atomic mass is 9.33. The second-order valence-corrected chi connectivity index (χ2v) is 34.7. The van der Waals surface area contributed by atoms with Crippen LogP contribution in [0.4, 0.5) is 0 Å². The lowest BCUT2D eigenvalue weighted by molar-refractivity contribution is -0.378. The van der Waals surface area contributed by atoms with Crippen LogP contribution in [-0.4, -0.2) is 310 Å². The van der Waals surface area contributed by atoms with Crippen LogP contribution in [0.3, 0.4) is 0 Å². The van der Waals surface area contributed by atoms with Gasteiger partial charge in [-0.2, -0.15) is 0 Å². The molecule has 109 heavy (non-hydrogen) atoms. The highest BCUT2D eigenvalue weighted by Gasteiger charge is 2.74. The lowest BCUT2D eigenvalue weighted by Crippen LogP contribution is -2.70. The van der Waals surface area contributed by atoms with Crippen LogP contribution in [-0.2, 0) is 90.3 Å². The minimum absolute atomic E-state index is 0.0508. The van der Waals surface area contributed by atoms with E-state index in [1.807, 2.05) is 6.92 Å². The molecule has 5 aliphatic heterocycles. The third kappa shape index (κ3) is 17.1. The number of rotatable bonds is 23. The molecule has 0 aromatic heterocycles. The van der Waals surface area contributed by atoms with Gasteiger partial charge in [-0.15, -0.1) is 0 Å². The second kappa shape index (κ2) is 33.8. The molecule has 3 unspecified atom stereocenters. The van der Waals surface area contributed by atoms with Crippen LogP contribution in [0.2, 0.25) is 0 Å². The fourth-order valence-electron chi connectivity index (χ4n) is 20.0. The number of esters is 5.